The highest BCUT2D eigenvalue weighted by atomic mass is 16.5. The first kappa shape index (κ1) is 18.7. The molecular formula is C20H25N5O3. The standard InChI is InChI=1S/C20H25N5O3/c26-14-15-3-4-16-18(12-15)25(13-17-19(27)2-1-5-21-17)20(23-16)22-6-7-24-8-10-28-11-9-24/h1-5,12,26-27H,6-11,13-14H2,(H,22,23). The molecule has 0 saturated carbocycles. The third-order valence-electron chi connectivity index (χ3n) is 4.98. The molecular weight excluding hydrogens is 358 g/mol. The summed E-state index contributed by atoms with van der Waals surface area (Å²) in [6.45, 7) is 5.46. The number of benzene rings is 1. The molecule has 0 bridgehead atoms. The molecule has 1 aromatic carbocycles. The number of ether oxygens (including phenoxy) is 1. The van der Waals surface area contributed by atoms with Gasteiger partial charge in [0.05, 0.1) is 37.4 Å². The molecule has 4 rings (SSSR count). The summed E-state index contributed by atoms with van der Waals surface area (Å²) in [6, 6.07) is 9.04. The first-order valence-electron chi connectivity index (χ1n) is 9.51. The van der Waals surface area contributed by atoms with Crippen molar-refractivity contribution >= 4 is 17.0 Å². The van der Waals surface area contributed by atoms with Gasteiger partial charge in [-0.25, -0.2) is 4.98 Å². The van der Waals surface area contributed by atoms with Crippen molar-refractivity contribution in [2.75, 3.05) is 44.7 Å². The lowest BCUT2D eigenvalue weighted by atomic mass is 10.2. The Balaban J connectivity index is 1.59. The van der Waals surface area contributed by atoms with E-state index in [1.165, 1.54) is 0 Å². The predicted molar refractivity (Wildman–Crippen MR) is 106 cm³/mol. The third-order valence-corrected chi connectivity index (χ3v) is 4.98. The van der Waals surface area contributed by atoms with Gasteiger partial charge in [0.25, 0.3) is 0 Å². The maximum atomic E-state index is 10.1. The summed E-state index contributed by atoms with van der Waals surface area (Å²) in [5, 5.41) is 23.1. The van der Waals surface area contributed by atoms with Gasteiger partial charge in [0.15, 0.2) is 0 Å². The lowest BCUT2D eigenvalue weighted by Gasteiger charge is -2.26. The van der Waals surface area contributed by atoms with Crippen molar-refractivity contribution in [1.29, 1.82) is 0 Å². The number of aliphatic hydroxyl groups is 1. The van der Waals surface area contributed by atoms with Crippen molar-refractivity contribution < 1.29 is 14.9 Å². The highest BCUT2D eigenvalue weighted by molar-refractivity contribution is 5.79. The summed E-state index contributed by atoms with van der Waals surface area (Å²) >= 11 is 0. The molecule has 0 spiro atoms. The van der Waals surface area contributed by atoms with Crippen LogP contribution < -0.4 is 5.32 Å². The van der Waals surface area contributed by atoms with Crippen molar-refractivity contribution in [3.05, 3.63) is 47.8 Å². The van der Waals surface area contributed by atoms with Gasteiger partial charge in [0.2, 0.25) is 5.95 Å². The van der Waals surface area contributed by atoms with E-state index >= 15 is 0 Å². The van der Waals surface area contributed by atoms with Crippen LogP contribution in [0.3, 0.4) is 0 Å². The van der Waals surface area contributed by atoms with Crippen LogP contribution in [0.2, 0.25) is 0 Å². The number of aliphatic hydroxyl groups excluding tert-OH is 1. The summed E-state index contributed by atoms with van der Waals surface area (Å²) < 4.78 is 7.39. The molecule has 3 N–H and O–H groups in total. The number of aromatic nitrogens is 3. The van der Waals surface area contributed by atoms with E-state index in [1.54, 1.807) is 18.3 Å². The highest BCUT2D eigenvalue weighted by Crippen LogP contribution is 2.24. The second-order valence-corrected chi connectivity index (χ2v) is 6.85. The summed E-state index contributed by atoms with van der Waals surface area (Å²) in [5.74, 6) is 0.880. The van der Waals surface area contributed by atoms with Gasteiger partial charge in [-0.2, -0.15) is 0 Å². The average Bonchev–Trinajstić information content (AvgIpc) is 3.07. The van der Waals surface area contributed by atoms with Crippen LogP contribution in [0, 0.1) is 0 Å². The van der Waals surface area contributed by atoms with Crippen LogP contribution in [0.1, 0.15) is 11.3 Å². The van der Waals surface area contributed by atoms with Gasteiger partial charge in [0.1, 0.15) is 11.4 Å². The number of nitrogens with zero attached hydrogens (tertiary/aromatic N) is 4. The Hall–Kier alpha value is -2.68. The zero-order chi connectivity index (χ0) is 19.3. The maximum Gasteiger partial charge on any atom is 0.204 e. The Kier molecular flexibility index (Phi) is 5.70. The van der Waals surface area contributed by atoms with Gasteiger partial charge in [-0.05, 0) is 29.8 Å². The normalized spacial score (nSPS) is 15.2. The quantitative estimate of drug-likeness (QED) is 0.568. The van der Waals surface area contributed by atoms with Gasteiger partial charge in [0, 0.05) is 32.4 Å². The van der Waals surface area contributed by atoms with E-state index in [-0.39, 0.29) is 12.4 Å². The Morgan fingerprint density at radius 2 is 2.04 bits per heavy atom. The van der Waals surface area contributed by atoms with Gasteiger partial charge in [-0.1, -0.05) is 6.07 Å². The predicted octanol–water partition coefficient (Wildman–Crippen LogP) is 1.42. The number of hydrogen-bond donors (Lipinski definition) is 3. The van der Waals surface area contributed by atoms with Crippen LogP contribution in [-0.4, -0.2) is 69.0 Å². The minimum atomic E-state index is -0.0320. The van der Waals surface area contributed by atoms with Crippen molar-refractivity contribution in [2.24, 2.45) is 0 Å². The number of pyridine rings is 1. The van der Waals surface area contributed by atoms with E-state index < -0.39 is 0 Å². The molecule has 3 heterocycles. The topological polar surface area (TPSA) is 95.7 Å². The molecule has 8 heteroatoms. The van der Waals surface area contributed by atoms with Crippen LogP contribution in [0.25, 0.3) is 11.0 Å². The highest BCUT2D eigenvalue weighted by Gasteiger charge is 2.15. The first-order chi connectivity index (χ1) is 13.7. The van der Waals surface area contributed by atoms with E-state index in [0.29, 0.717) is 12.2 Å². The maximum absolute atomic E-state index is 10.1. The molecule has 8 nitrogen and oxygen atoms in total. The van der Waals surface area contributed by atoms with Crippen LogP contribution in [0.15, 0.2) is 36.5 Å². The second-order valence-electron chi connectivity index (χ2n) is 6.85. The van der Waals surface area contributed by atoms with E-state index in [1.807, 2.05) is 22.8 Å². The molecule has 1 saturated heterocycles. The SMILES string of the molecule is OCc1ccc2nc(NCCN3CCOCC3)n(Cc3ncccc3O)c2c1. The molecule has 1 aliphatic rings. The lowest BCUT2D eigenvalue weighted by Crippen LogP contribution is -2.39. The number of nitrogens with one attached hydrogen (secondary N) is 1. The van der Waals surface area contributed by atoms with Crippen LogP contribution >= 0.6 is 0 Å². The van der Waals surface area contributed by atoms with E-state index in [0.717, 1.165) is 61.9 Å². The molecule has 0 amide bonds. The molecule has 3 aromatic rings. The third kappa shape index (κ3) is 4.09. The molecule has 0 atom stereocenters. The van der Waals surface area contributed by atoms with Crippen molar-refractivity contribution in [3.8, 4) is 5.75 Å². The summed E-state index contributed by atoms with van der Waals surface area (Å²) in [4.78, 5) is 11.4. The monoisotopic (exact) mass is 383 g/mol. The largest absolute Gasteiger partial charge is 0.506 e. The molecule has 28 heavy (non-hydrogen) atoms. The lowest BCUT2D eigenvalue weighted by molar-refractivity contribution is 0.0398. The number of fused-ring (bicyclic) bond motifs is 1. The van der Waals surface area contributed by atoms with Crippen LogP contribution in [0.5, 0.6) is 5.75 Å². The number of morpholine rings is 1. The van der Waals surface area contributed by atoms with Crippen LogP contribution in [0.4, 0.5) is 5.95 Å². The fourth-order valence-electron chi connectivity index (χ4n) is 3.41. The molecule has 0 radical (unpaired) electrons. The molecule has 1 fully saturated rings. The van der Waals surface area contributed by atoms with Crippen molar-refractivity contribution in [3.63, 3.8) is 0 Å². The minimum Gasteiger partial charge on any atom is -0.506 e. The zero-order valence-electron chi connectivity index (χ0n) is 15.7. The Bertz CT molecular complexity index is 937. The van der Waals surface area contributed by atoms with E-state index in [4.69, 9.17) is 9.72 Å². The number of anilines is 1. The average molecular weight is 383 g/mol. The molecule has 148 valence electrons. The van der Waals surface area contributed by atoms with E-state index in [2.05, 4.69) is 15.2 Å². The van der Waals surface area contributed by atoms with E-state index in [9.17, 15) is 10.2 Å². The first-order valence-corrected chi connectivity index (χ1v) is 9.51. The van der Waals surface area contributed by atoms with Gasteiger partial charge in [-0.15, -0.1) is 0 Å². The number of imidazole rings is 1. The van der Waals surface area contributed by atoms with Crippen molar-refractivity contribution in [2.45, 2.75) is 13.2 Å². The Labute approximate surface area is 163 Å². The fourth-order valence-corrected chi connectivity index (χ4v) is 3.41. The molecule has 2 aromatic heterocycles. The van der Waals surface area contributed by atoms with Gasteiger partial charge in [-0.3, -0.25) is 9.88 Å². The zero-order valence-corrected chi connectivity index (χ0v) is 15.7. The number of aromatic hydroxyl groups is 1. The number of rotatable bonds is 7. The summed E-state index contributed by atoms with van der Waals surface area (Å²) in [5.41, 5.74) is 3.12. The Morgan fingerprint density at radius 1 is 1.18 bits per heavy atom. The second kappa shape index (κ2) is 8.55. The summed E-state index contributed by atoms with van der Waals surface area (Å²) in [7, 11) is 0. The summed E-state index contributed by atoms with van der Waals surface area (Å²) in [6.07, 6.45) is 1.67. The molecule has 0 unspecified atom stereocenters. The minimum absolute atomic E-state index is 0.0320. The Morgan fingerprint density at radius 3 is 2.82 bits per heavy atom. The smallest absolute Gasteiger partial charge is 0.204 e. The number of hydrogen-bond acceptors (Lipinski definition) is 7. The fraction of sp³-hybridized carbons (Fsp3) is 0.400. The van der Waals surface area contributed by atoms with Gasteiger partial charge < -0.3 is 24.8 Å². The van der Waals surface area contributed by atoms with Gasteiger partial charge >= 0.3 is 0 Å². The van der Waals surface area contributed by atoms with Crippen molar-refractivity contribution in [1.82, 2.24) is 19.4 Å². The van der Waals surface area contributed by atoms with Crippen LogP contribution in [-0.2, 0) is 17.9 Å². The molecule has 0 aliphatic carbocycles. The molecule has 1 aliphatic heterocycles.